The fourth-order valence-electron chi connectivity index (χ4n) is 1.90. The summed E-state index contributed by atoms with van der Waals surface area (Å²) in [6, 6.07) is 3.41. The zero-order valence-electron chi connectivity index (χ0n) is 12.9. The van der Waals surface area contributed by atoms with Crippen molar-refractivity contribution in [2.45, 2.75) is 6.92 Å². The van der Waals surface area contributed by atoms with Crippen LogP contribution in [0.5, 0.6) is 0 Å². The number of aliphatic imine (C=N–C) groups is 1. The van der Waals surface area contributed by atoms with Crippen molar-refractivity contribution in [1.82, 2.24) is 20.6 Å². The molecule has 0 saturated carbocycles. The minimum atomic E-state index is -1.02. The summed E-state index contributed by atoms with van der Waals surface area (Å²) in [6.45, 7) is 1.06. The number of hydrogen-bond acceptors (Lipinski definition) is 5. The molecule has 0 saturated heterocycles. The Morgan fingerprint density at radius 1 is 1.46 bits per heavy atom. The van der Waals surface area contributed by atoms with Crippen LogP contribution < -0.4 is 17.0 Å². The lowest BCUT2D eigenvalue weighted by atomic mass is 10.1. The molecule has 0 aliphatic rings. The van der Waals surface area contributed by atoms with Gasteiger partial charge in [0.15, 0.2) is 11.7 Å². The Balaban J connectivity index is 2.35. The van der Waals surface area contributed by atoms with Crippen LogP contribution in [-0.2, 0) is 0 Å². The third kappa shape index (κ3) is 4.02. The first-order valence-corrected chi connectivity index (χ1v) is 7.00. The number of nitrogens with zero attached hydrogens (tertiary/aromatic N) is 3. The molecule has 2 aromatic rings. The number of nitrogens with two attached hydrogens (primary N) is 2. The normalized spacial score (nSPS) is 13.2. The average molecular weight is 333 g/mol. The molecule has 0 bridgehead atoms. The minimum Gasteiger partial charge on any atom is -0.383 e. The van der Waals surface area contributed by atoms with E-state index in [1.807, 2.05) is 0 Å². The van der Waals surface area contributed by atoms with Crippen molar-refractivity contribution in [2.24, 2.45) is 10.8 Å². The van der Waals surface area contributed by atoms with Gasteiger partial charge in [-0.3, -0.25) is 10.1 Å². The van der Waals surface area contributed by atoms with Gasteiger partial charge in [0.1, 0.15) is 11.7 Å². The first-order valence-electron chi connectivity index (χ1n) is 7.00. The Labute approximate surface area is 137 Å². The van der Waals surface area contributed by atoms with Gasteiger partial charge in [-0.15, -0.1) is 0 Å². The fraction of sp³-hybridized carbons (Fsp3) is 0.133. The zero-order chi connectivity index (χ0) is 17.5. The van der Waals surface area contributed by atoms with Crippen LogP contribution in [0.1, 0.15) is 12.5 Å². The number of nitrogen functional groups attached to an aromatic ring is 1. The van der Waals surface area contributed by atoms with Crippen LogP contribution in [0.3, 0.4) is 0 Å². The molecule has 2 rings (SSSR count). The monoisotopic (exact) mass is 333 g/mol. The smallest absolute Gasteiger partial charge is 0.157 e. The number of anilines is 1. The van der Waals surface area contributed by atoms with Gasteiger partial charge in [0.2, 0.25) is 0 Å². The Bertz CT molecular complexity index is 779. The number of allylic oxidation sites excluding steroid dienone is 3. The largest absolute Gasteiger partial charge is 0.383 e. The number of rotatable bonds is 5. The van der Waals surface area contributed by atoms with E-state index < -0.39 is 18.2 Å². The number of aromatic amines is 1. The summed E-state index contributed by atoms with van der Waals surface area (Å²) in [6.07, 6.45) is 5.53. The number of hydrazine groups is 1. The summed E-state index contributed by atoms with van der Waals surface area (Å²) in [5.74, 6) is 3.66. The summed E-state index contributed by atoms with van der Waals surface area (Å²) in [4.78, 5) is 7.99. The van der Waals surface area contributed by atoms with Gasteiger partial charge in [0, 0.05) is 18.0 Å². The molecule has 0 fully saturated rings. The van der Waals surface area contributed by atoms with Crippen molar-refractivity contribution in [3.05, 3.63) is 53.9 Å². The van der Waals surface area contributed by atoms with Gasteiger partial charge in [-0.05, 0) is 25.1 Å². The lowest BCUT2D eigenvalue weighted by Crippen LogP contribution is -2.32. The maximum Gasteiger partial charge on any atom is 0.157 e. The molecule has 0 atom stereocenters. The van der Waals surface area contributed by atoms with E-state index in [9.17, 15) is 8.78 Å². The minimum absolute atomic E-state index is 0.0878. The summed E-state index contributed by atoms with van der Waals surface area (Å²) in [5.41, 5.74) is 9.93. The Morgan fingerprint density at radius 2 is 2.25 bits per heavy atom. The van der Waals surface area contributed by atoms with Crippen LogP contribution >= 0.6 is 0 Å². The van der Waals surface area contributed by atoms with E-state index >= 15 is 0 Å². The standard InChI is InChI=1S/C15H17F2N7/c1-2-3-11(16)12(17)8-21-15(23-19)10-6-9(7-20-14(10)18)13-4-5-22-24-13/h2-7H,8,19H2,1H3,(H2,18,20)(H,21,23)(H,22,24)/b3-2-,12-11-. The van der Waals surface area contributed by atoms with E-state index in [2.05, 4.69) is 25.6 Å². The SMILES string of the molecule is C/C=C\C(F)=C(\F)CN=C(NN)c1cc(-c2ccn[nH]2)cnc1N. The van der Waals surface area contributed by atoms with Gasteiger partial charge >= 0.3 is 0 Å². The number of halogens is 2. The molecule has 2 aromatic heterocycles. The molecule has 0 aromatic carbocycles. The highest BCUT2D eigenvalue weighted by Gasteiger charge is 2.12. The molecule has 6 N–H and O–H groups in total. The molecular weight excluding hydrogens is 316 g/mol. The van der Waals surface area contributed by atoms with Crippen LogP contribution in [0.15, 0.2) is 53.3 Å². The summed E-state index contributed by atoms with van der Waals surface area (Å²) in [5, 5.41) is 6.64. The zero-order valence-corrected chi connectivity index (χ0v) is 12.9. The van der Waals surface area contributed by atoms with Crippen LogP contribution in [-0.4, -0.2) is 27.6 Å². The molecule has 9 heteroatoms. The number of pyridine rings is 1. The van der Waals surface area contributed by atoms with Crippen LogP contribution in [0.4, 0.5) is 14.6 Å². The lowest BCUT2D eigenvalue weighted by Gasteiger charge is -2.09. The third-order valence-electron chi connectivity index (χ3n) is 3.07. The van der Waals surface area contributed by atoms with Gasteiger partial charge in [0.05, 0.1) is 17.8 Å². The first-order chi connectivity index (χ1) is 11.6. The molecule has 0 spiro atoms. The quantitative estimate of drug-likeness (QED) is 0.219. The van der Waals surface area contributed by atoms with E-state index in [4.69, 9.17) is 11.6 Å². The predicted octanol–water partition coefficient (Wildman–Crippen LogP) is 1.99. The maximum absolute atomic E-state index is 13.6. The topological polar surface area (TPSA) is 118 Å². The van der Waals surface area contributed by atoms with Crippen molar-refractivity contribution in [1.29, 1.82) is 0 Å². The molecular formula is C15H17F2N7. The Kier molecular flexibility index (Phi) is 5.74. The summed E-state index contributed by atoms with van der Waals surface area (Å²) < 4.78 is 26.9. The Morgan fingerprint density at radius 3 is 2.88 bits per heavy atom. The molecule has 0 unspecified atom stereocenters. The van der Waals surface area contributed by atoms with Gasteiger partial charge in [-0.1, -0.05) is 6.08 Å². The molecule has 2 heterocycles. The van der Waals surface area contributed by atoms with E-state index in [-0.39, 0.29) is 11.7 Å². The van der Waals surface area contributed by atoms with Crippen molar-refractivity contribution < 1.29 is 8.78 Å². The van der Waals surface area contributed by atoms with Crippen LogP contribution in [0.2, 0.25) is 0 Å². The van der Waals surface area contributed by atoms with Gasteiger partial charge in [0.25, 0.3) is 0 Å². The molecule has 0 aliphatic carbocycles. The van der Waals surface area contributed by atoms with E-state index in [0.29, 0.717) is 16.8 Å². The van der Waals surface area contributed by atoms with Crippen molar-refractivity contribution in [3.8, 4) is 11.3 Å². The van der Waals surface area contributed by atoms with Gasteiger partial charge in [-0.25, -0.2) is 19.6 Å². The molecule has 24 heavy (non-hydrogen) atoms. The second-order valence-electron chi connectivity index (χ2n) is 4.69. The van der Waals surface area contributed by atoms with Gasteiger partial charge in [-0.2, -0.15) is 5.10 Å². The predicted molar refractivity (Wildman–Crippen MR) is 89.0 cm³/mol. The van der Waals surface area contributed by atoms with Gasteiger partial charge < -0.3 is 11.2 Å². The second kappa shape index (κ2) is 7.97. The van der Waals surface area contributed by atoms with E-state index in [1.165, 1.54) is 6.08 Å². The van der Waals surface area contributed by atoms with Crippen molar-refractivity contribution >= 4 is 11.7 Å². The molecule has 126 valence electrons. The lowest BCUT2D eigenvalue weighted by molar-refractivity contribution is 0.542. The average Bonchev–Trinajstić information content (AvgIpc) is 3.11. The number of nitrogens with one attached hydrogen (secondary N) is 2. The summed E-state index contributed by atoms with van der Waals surface area (Å²) >= 11 is 0. The highest BCUT2D eigenvalue weighted by atomic mass is 19.2. The number of H-pyrrole nitrogens is 1. The molecule has 0 aliphatic heterocycles. The molecule has 0 amide bonds. The highest BCUT2D eigenvalue weighted by molar-refractivity contribution is 6.03. The molecule has 0 radical (unpaired) electrons. The number of hydrogen-bond donors (Lipinski definition) is 4. The number of amidine groups is 1. The summed E-state index contributed by atoms with van der Waals surface area (Å²) in [7, 11) is 0. The van der Waals surface area contributed by atoms with E-state index in [1.54, 1.807) is 31.5 Å². The van der Waals surface area contributed by atoms with Crippen LogP contribution in [0.25, 0.3) is 11.3 Å². The third-order valence-corrected chi connectivity index (χ3v) is 3.07. The highest BCUT2D eigenvalue weighted by Crippen LogP contribution is 2.20. The van der Waals surface area contributed by atoms with Crippen molar-refractivity contribution in [2.75, 3.05) is 12.3 Å². The van der Waals surface area contributed by atoms with Crippen molar-refractivity contribution in [3.63, 3.8) is 0 Å². The number of aromatic nitrogens is 3. The van der Waals surface area contributed by atoms with Crippen LogP contribution in [0, 0.1) is 0 Å². The molecule has 7 nitrogen and oxygen atoms in total. The maximum atomic E-state index is 13.6. The second-order valence-corrected chi connectivity index (χ2v) is 4.69. The fourth-order valence-corrected chi connectivity index (χ4v) is 1.90. The van der Waals surface area contributed by atoms with E-state index in [0.717, 1.165) is 6.08 Å². The Hall–Kier alpha value is -3.07. The first kappa shape index (κ1) is 17.3.